The molecule has 2 aromatic rings. The van der Waals surface area contributed by atoms with Crippen LogP contribution in [0.25, 0.3) is 0 Å². The minimum Gasteiger partial charge on any atom is -0.506 e. The van der Waals surface area contributed by atoms with Gasteiger partial charge in [-0.25, -0.2) is 4.79 Å². The van der Waals surface area contributed by atoms with Gasteiger partial charge < -0.3 is 15.5 Å². The van der Waals surface area contributed by atoms with Crippen LogP contribution in [-0.2, 0) is 11.3 Å². The molecular weight excluding hydrogens is 250 g/mol. The van der Waals surface area contributed by atoms with Crippen LogP contribution in [0.4, 0.5) is 5.69 Å². The second kappa shape index (κ2) is 5.21. The zero-order valence-corrected chi connectivity index (χ0v) is 9.78. The molecule has 19 heavy (non-hydrogen) atoms. The zero-order valence-electron chi connectivity index (χ0n) is 9.78. The summed E-state index contributed by atoms with van der Waals surface area (Å²) >= 11 is 0. The van der Waals surface area contributed by atoms with Gasteiger partial charge in [0.15, 0.2) is 0 Å². The van der Waals surface area contributed by atoms with E-state index in [1.165, 1.54) is 16.8 Å². The van der Waals surface area contributed by atoms with Crippen LogP contribution in [0.15, 0.2) is 36.7 Å². The van der Waals surface area contributed by atoms with Crippen LogP contribution >= 0.6 is 0 Å². The lowest BCUT2D eigenvalue weighted by Crippen LogP contribution is -2.19. The van der Waals surface area contributed by atoms with E-state index in [9.17, 15) is 14.7 Å². The fourth-order valence-electron chi connectivity index (χ4n) is 1.50. The molecule has 3 N–H and O–H groups in total. The lowest BCUT2D eigenvalue weighted by atomic mass is 10.2. The number of phenolic OH excluding ortho intramolecular Hbond substituents is 1. The number of carboxylic acids is 1. The van der Waals surface area contributed by atoms with Gasteiger partial charge in [-0.15, -0.1) is 0 Å². The summed E-state index contributed by atoms with van der Waals surface area (Å²) in [4.78, 5) is 22.3. The molecule has 7 nitrogen and oxygen atoms in total. The van der Waals surface area contributed by atoms with Gasteiger partial charge in [-0.2, -0.15) is 5.10 Å². The smallest absolute Gasteiger partial charge is 0.335 e. The highest BCUT2D eigenvalue weighted by Crippen LogP contribution is 2.24. The van der Waals surface area contributed by atoms with Gasteiger partial charge in [0.25, 0.3) is 0 Å². The maximum atomic E-state index is 11.7. The Labute approximate surface area is 108 Å². The molecule has 98 valence electrons. The number of nitrogens with zero attached hydrogens (tertiary/aromatic N) is 2. The maximum Gasteiger partial charge on any atom is 0.335 e. The van der Waals surface area contributed by atoms with E-state index < -0.39 is 5.97 Å². The first-order valence-electron chi connectivity index (χ1n) is 5.40. The molecule has 0 atom stereocenters. The predicted octanol–water partition coefficient (Wildman–Crippen LogP) is 0.926. The highest BCUT2D eigenvalue weighted by Gasteiger charge is 2.10. The summed E-state index contributed by atoms with van der Waals surface area (Å²) in [6.45, 7) is 0.00707. The summed E-state index contributed by atoms with van der Waals surface area (Å²) in [5, 5.41) is 24.7. The standard InChI is InChI=1S/C12H11N3O4/c16-10-6-8(12(18)19)2-3-9(10)14-11(17)7-15-5-1-4-13-15/h1-6,16H,7H2,(H,14,17)(H,18,19). The predicted molar refractivity (Wildman–Crippen MR) is 65.9 cm³/mol. The lowest BCUT2D eigenvalue weighted by Gasteiger charge is -2.08. The first kappa shape index (κ1) is 12.6. The monoisotopic (exact) mass is 261 g/mol. The van der Waals surface area contributed by atoms with Crippen LogP contribution in [-0.4, -0.2) is 31.9 Å². The molecule has 0 unspecified atom stereocenters. The Hall–Kier alpha value is -2.83. The van der Waals surface area contributed by atoms with Crippen molar-refractivity contribution in [2.75, 3.05) is 5.32 Å². The molecule has 1 heterocycles. The zero-order chi connectivity index (χ0) is 13.8. The van der Waals surface area contributed by atoms with E-state index in [-0.39, 0.29) is 29.5 Å². The summed E-state index contributed by atoms with van der Waals surface area (Å²) in [7, 11) is 0. The number of hydrogen-bond donors (Lipinski definition) is 3. The van der Waals surface area contributed by atoms with E-state index in [0.29, 0.717) is 0 Å². The van der Waals surface area contributed by atoms with Crippen LogP contribution in [0.1, 0.15) is 10.4 Å². The molecule has 7 heteroatoms. The summed E-state index contributed by atoms with van der Waals surface area (Å²) in [6.07, 6.45) is 3.18. The van der Waals surface area contributed by atoms with Gasteiger partial charge in [0, 0.05) is 12.4 Å². The molecule has 0 aliphatic carbocycles. The van der Waals surface area contributed by atoms with Gasteiger partial charge in [-0.1, -0.05) is 0 Å². The average molecular weight is 261 g/mol. The van der Waals surface area contributed by atoms with E-state index in [2.05, 4.69) is 10.4 Å². The van der Waals surface area contributed by atoms with Crippen molar-refractivity contribution in [3.8, 4) is 5.75 Å². The molecule has 0 spiro atoms. The number of rotatable bonds is 4. The van der Waals surface area contributed by atoms with Gasteiger partial charge in [0.2, 0.25) is 5.91 Å². The largest absolute Gasteiger partial charge is 0.506 e. The van der Waals surface area contributed by atoms with Gasteiger partial charge in [-0.05, 0) is 24.3 Å². The van der Waals surface area contributed by atoms with Crippen LogP contribution < -0.4 is 5.32 Å². The number of anilines is 1. The number of aromatic nitrogens is 2. The molecule has 2 rings (SSSR count). The highest BCUT2D eigenvalue weighted by molar-refractivity contribution is 5.94. The minimum atomic E-state index is -1.15. The number of hydrogen-bond acceptors (Lipinski definition) is 4. The molecule has 0 saturated heterocycles. The van der Waals surface area contributed by atoms with Crippen molar-refractivity contribution in [3.63, 3.8) is 0 Å². The SMILES string of the molecule is O=C(Cn1cccn1)Nc1ccc(C(=O)O)cc1O. The van der Waals surface area contributed by atoms with E-state index in [1.807, 2.05) is 0 Å². The third kappa shape index (κ3) is 3.09. The maximum absolute atomic E-state index is 11.7. The first-order chi connectivity index (χ1) is 9.06. The molecule has 0 aliphatic heterocycles. The summed E-state index contributed by atoms with van der Waals surface area (Å²) in [5.74, 6) is -1.82. The Morgan fingerprint density at radius 1 is 1.37 bits per heavy atom. The quantitative estimate of drug-likeness (QED) is 0.710. The van der Waals surface area contributed by atoms with E-state index in [1.54, 1.807) is 18.5 Å². The van der Waals surface area contributed by atoms with E-state index >= 15 is 0 Å². The van der Waals surface area contributed by atoms with Gasteiger partial charge in [0.05, 0.1) is 11.3 Å². The third-order valence-corrected chi connectivity index (χ3v) is 2.38. The van der Waals surface area contributed by atoms with E-state index in [4.69, 9.17) is 5.11 Å². The molecule has 0 aliphatic rings. The van der Waals surface area contributed by atoms with Gasteiger partial charge in [0.1, 0.15) is 12.3 Å². The Bertz CT molecular complexity index is 607. The summed E-state index contributed by atoms with van der Waals surface area (Å²) in [5.41, 5.74) is 0.102. The second-order valence-electron chi connectivity index (χ2n) is 3.79. The highest BCUT2D eigenvalue weighted by atomic mass is 16.4. The third-order valence-electron chi connectivity index (χ3n) is 2.38. The first-order valence-corrected chi connectivity index (χ1v) is 5.40. The molecule has 0 saturated carbocycles. The van der Waals surface area contributed by atoms with Crippen LogP contribution in [0.2, 0.25) is 0 Å². The number of aromatic hydroxyl groups is 1. The summed E-state index contributed by atoms with van der Waals surface area (Å²) < 4.78 is 1.43. The Balaban J connectivity index is 2.07. The van der Waals surface area contributed by atoms with E-state index in [0.717, 1.165) is 6.07 Å². The molecule has 1 amide bonds. The fraction of sp³-hybridized carbons (Fsp3) is 0.0833. The van der Waals surface area contributed by atoms with Crippen LogP contribution in [0.5, 0.6) is 5.75 Å². The number of nitrogens with one attached hydrogen (secondary N) is 1. The Morgan fingerprint density at radius 2 is 2.16 bits per heavy atom. The van der Waals surface area contributed by atoms with Crippen molar-refractivity contribution in [1.29, 1.82) is 0 Å². The van der Waals surface area contributed by atoms with Crippen molar-refractivity contribution in [1.82, 2.24) is 9.78 Å². The molecular formula is C12H11N3O4. The van der Waals surface area contributed by atoms with Crippen molar-refractivity contribution in [2.24, 2.45) is 0 Å². The number of aromatic carboxylic acids is 1. The van der Waals surface area contributed by atoms with Crippen LogP contribution in [0, 0.1) is 0 Å². The molecule has 0 radical (unpaired) electrons. The van der Waals surface area contributed by atoms with Crippen molar-refractivity contribution >= 4 is 17.6 Å². The number of carboxylic acid groups (broad SMARTS) is 1. The Kier molecular flexibility index (Phi) is 3.46. The summed E-state index contributed by atoms with van der Waals surface area (Å²) in [6, 6.07) is 5.39. The minimum absolute atomic E-state index is 0.00707. The number of carbonyl (C=O) groups excluding carboxylic acids is 1. The number of phenols is 1. The van der Waals surface area contributed by atoms with Crippen molar-refractivity contribution in [2.45, 2.75) is 6.54 Å². The number of carbonyl (C=O) groups is 2. The topological polar surface area (TPSA) is 104 Å². The number of benzene rings is 1. The fourth-order valence-corrected chi connectivity index (χ4v) is 1.50. The van der Waals surface area contributed by atoms with Crippen molar-refractivity contribution < 1.29 is 19.8 Å². The van der Waals surface area contributed by atoms with Gasteiger partial charge in [-0.3, -0.25) is 9.48 Å². The molecule has 1 aromatic heterocycles. The van der Waals surface area contributed by atoms with Crippen LogP contribution in [0.3, 0.4) is 0 Å². The normalized spacial score (nSPS) is 10.1. The average Bonchev–Trinajstić information content (AvgIpc) is 2.84. The lowest BCUT2D eigenvalue weighted by molar-refractivity contribution is -0.116. The molecule has 0 fully saturated rings. The Morgan fingerprint density at radius 3 is 2.74 bits per heavy atom. The van der Waals surface area contributed by atoms with Crippen molar-refractivity contribution in [3.05, 3.63) is 42.2 Å². The molecule has 1 aromatic carbocycles. The van der Waals surface area contributed by atoms with Gasteiger partial charge >= 0.3 is 5.97 Å². The number of amides is 1. The second-order valence-corrected chi connectivity index (χ2v) is 3.79. The molecule has 0 bridgehead atoms.